The lowest BCUT2D eigenvalue weighted by Crippen LogP contribution is -2.33. The highest BCUT2D eigenvalue weighted by atomic mass is 31.2. The standard InChI is InChI=1S/C25H30N5O11P/c1-14-11-30(25(35)28-23(14)33)22-10-17(18(12-31)38-22)41-42(36,40-15-5-3-2-4-6-15)37-13-19-16(32)9-21(39-19)29-8-7-20(26)27-24(29)34/h2-8,11,16-19,21-22,31-32H,9-10,12-13H2,1H3,(H2,26,27,34)(H,28,33,35)/t16-,17-,18+,19+,21+,22+,42?/m0/s1. The first-order valence-corrected chi connectivity index (χ1v) is 14.5. The van der Waals surface area contributed by atoms with Crippen molar-refractivity contribution in [3.63, 3.8) is 0 Å². The number of nitrogen functional groups attached to an aromatic ring is 1. The van der Waals surface area contributed by atoms with Crippen LogP contribution in [0.5, 0.6) is 5.75 Å². The fourth-order valence-electron chi connectivity index (χ4n) is 4.65. The molecule has 7 atom stereocenters. The minimum absolute atomic E-state index is 0.0162. The summed E-state index contributed by atoms with van der Waals surface area (Å²) in [6.45, 7) is 0.500. The average molecular weight is 608 g/mol. The molecule has 0 bridgehead atoms. The van der Waals surface area contributed by atoms with Crippen molar-refractivity contribution in [2.24, 2.45) is 0 Å². The highest BCUT2D eigenvalue weighted by Gasteiger charge is 2.45. The summed E-state index contributed by atoms with van der Waals surface area (Å²) in [5.41, 5.74) is 3.85. The minimum Gasteiger partial charge on any atom is -0.404 e. The number of para-hydroxylation sites is 1. The van der Waals surface area contributed by atoms with Crippen LogP contribution in [0.1, 0.15) is 30.9 Å². The fourth-order valence-corrected chi connectivity index (χ4v) is 6.07. The van der Waals surface area contributed by atoms with Gasteiger partial charge in [0, 0.05) is 30.8 Å². The molecule has 0 radical (unpaired) electrons. The molecule has 16 nitrogen and oxygen atoms in total. The number of aliphatic hydroxyl groups is 2. The molecule has 1 unspecified atom stereocenters. The van der Waals surface area contributed by atoms with Crippen molar-refractivity contribution < 1.29 is 37.8 Å². The highest BCUT2D eigenvalue weighted by Crippen LogP contribution is 2.53. The molecule has 3 aromatic rings. The molecule has 2 fully saturated rings. The summed E-state index contributed by atoms with van der Waals surface area (Å²) in [5, 5.41) is 20.6. The molecule has 0 saturated carbocycles. The van der Waals surface area contributed by atoms with Gasteiger partial charge in [-0.15, -0.1) is 0 Å². The lowest BCUT2D eigenvalue weighted by Gasteiger charge is -2.25. The van der Waals surface area contributed by atoms with Crippen molar-refractivity contribution in [2.75, 3.05) is 18.9 Å². The molecule has 0 spiro atoms. The maximum absolute atomic E-state index is 14.0. The van der Waals surface area contributed by atoms with Crippen molar-refractivity contribution in [3.8, 4) is 5.75 Å². The number of benzene rings is 1. The third kappa shape index (κ3) is 6.55. The zero-order chi connectivity index (χ0) is 30.0. The fraction of sp³-hybridized carbons (Fsp3) is 0.440. The van der Waals surface area contributed by atoms with Gasteiger partial charge in [-0.2, -0.15) is 4.98 Å². The highest BCUT2D eigenvalue weighted by molar-refractivity contribution is 7.49. The van der Waals surface area contributed by atoms with Crippen molar-refractivity contribution >= 4 is 13.6 Å². The molecule has 2 saturated heterocycles. The van der Waals surface area contributed by atoms with Crippen LogP contribution >= 0.6 is 7.82 Å². The Morgan fingerprint density at radius 2 is 1.81 bits per heavy atom. The quantitative estimate of drug-likeness (QED) is 0.227. The maximum Gasteiger partial charge on any atom is 0.530 e. The van der Waals surface area contributed by atoms with Gasteiger partial charge >= 0.3 is 19.2 Å². The molecule has 1 aromatic carbocycles. The molecule has 5 N–H and O–H groups in total. The minimum atomic E-state index is -4.50. The molecular formula is C25H30N5O11P. The summed E-state index contributed by atoms with van der Waals surface area (Å²) >= 11 is 0. The first-order chi connectivity index (χ1) is 20.0. The Labute approximate surface area is 237 Å². The van der Waals surface area contributed by atoms with E-state index in [2.05, 4.69) is 9.97 Å². The lowest BCUT2D eigenvalue weighted by atomic mass is 10.2. The van der Waals surface area contributed by atoms with Crippen LogP contribution in [-0.2, 0) is 23.1 Å². The van der Waals surface area contributed by atoms with Gasteiger partial charge < -0.3 is 29.9 Å². The molecule has 0 aliphatic carbocycles. The lowest BCUT2D eigenvalue weighted by molar-refractivity contribution is -0.0568. The van der Waals surface area contributed by atoms with E-state index in [1.165, 1.54) is 42.1 Å². The number of aliphatic hydroxyl groups excluding tert-OH is 2. The van der Waals surface area contributed by atoms with Crippen LogP contribution in [0.2, 0.25) is 0 Å². The number of aromatic nitrogens is 4. The molecule has 2 aliphatic rings. The summed E-state index contributed by atoms with van der Waals surface area (Å²) in [6.07, 6.45) is -3.43. The number of rotatable bonds is 10. The van der Waals surface area contributed by atoms with Gasteiger partial charge in [0.05, 0.1) is 19.3 Å². The number of hydrogen-bond acceptors (Lipinski definition) is 13. The first kappa shape index (κ1) is 29.8. The topological polar surface area (TPSA) is 219 Å². The van der Waals surface area contributed by atoms with Gasteiger partial charge in [-0.1, -0.05) is 18.2 Å². The number of phosphoric ester groups is 1. The number of anilines is 1. The van der Waals surface area contributed by atoms with Gasteiger partial charge in [0.15, 0.2) is 0 Å². The van der Waals surface area contributed by atoms with Gasteiger partial charge in [0.1, 0.15) is 42.3 Å². The Balaban J connectivity index is 1.33. The Bertz CT molecular complexity index is 1630. The van der Waals surface area contributed by atoms with E-state index in [1.807, 2.05) is 0 Å². The smallest absolute Gasteiger partial charge is 0.404 e. The third-order valence-corrected chi connectivity index (χ3v) is 8.23. The Hall–Kier alpha value is -3.63. The molecular weight excluding hydrogens is 577 g/mol. The van der Waals surface area contributed by atoms with E-state index in [0.717, 1.165) is 4.57 Å². The molecule has 42 heavy (non-hydrogen) atoms. The molecule has 0 amide bonds. The van der Waals surface area contributed by atoms with Crippen molar-refractivity contribution in [1.82, 2.24) is 19.1 Å². The zero-order valence-corrected chi connectivity index (χ0v) is 23.2. The van der Waals surface area contributed by atoms with Gasteiger partial charge in [0.2, 0.25) is 0 Å². The predicted octanol–water partition coefficient (Wildman–Crippen LogP) is 0.201. The molecule has 5 rings (SSSR count). The number of aryl methyl sites for hydroxylation is 1. The van der Waals surface area contributed by atoms with E-state index in [-0.39, 0.29) is 30.0 Å². The van der Waals surface area contributed by atoms with Crippen LogP contribution in [0.4, 0.5) is 5.82 Å². The van der Waals surface area contributed by atoms with Gasteiger partial charge in [-0.3, -0.25) is 28.0 Å². The third-order valence-electron chi connectivity index (χ3n) is 6.80. The summed E-state index contributed by atoms with van der Waals surface area (Å²) in [4.78, 5) is 42.3. The summed E-state index contributed by atoms with van der Waals surface area (Å²) in [5.74, 6) is 0.181. The van der Waals surface area contributed by atoms with Crippen LogP contribution in [0, 0.1) is 6.92 Å². The number of hydrogen-bond donors (Lipinski definition) is 4. The van der Waals surface area contributed by atoms with E-state index in [0.29, 0.717) is 0 Å². The number of aromatic amines is 1. The first-order valence-electron chi connectivity index (χ1n) is 13.0. The Morgan fingerprint density at radius 1 is 1.10 bits per heavy atom. The number of H-pyrrole nitrogens is 1. The Morgan fingerprint density at radius 3 is 2.52 bits per heavy atom. The van der Waals surface area contributed by atoms with Crippen molar-refractivity contribution in [2.45, 2.75) is 56.6 Å². The van der Waals surface area contributed by atoms with Crippen molar-refractivity contribution in [3.05, 3.63) is 85.7 Å². The van der Waals surface area contributed by atoms with E-state index < -0.39 is 74.8 Å². The SMILES string of the molecule is Cc1cn([C@H]2C[C@H](OP(=O)(OC[C@H]3O[C@@H](n4ccc(N)nc4=O)C[C@@H]3O)Oc3ccccc3)[C@@H](CO)O2)c(=O)[nH]c1=O. The average Bonchev–Trinajstić information content (AvgIpc) is 3.52. The van der Waals surface area contributed by atoms with Crippen LogP contribution in [0.3, 0.4) is 0 Å². The monoisotopic (exact) mass is 607 g/mol. The molecule has 226 valence electrons. The number of nitrogens with zero attached hydrogens (tertiary/aromatic N) is 3. The molecule has 2 aliphatic heterocycles. The molecule has 4 heterocycles. The van der Waals surface area contributed by atoms with E-state index in [9.17, 15) is 29.2 Å². The largest absolute Gasteiger partial charge is 0.530 e. The molecule has 17 heteroatoms. The second-order valence-electron chi connectivity index (χ2n) is 9.79. The normalized spacial score (nSPS) is 27.1. The van der Waals surface area contributed by atoms with Crippen molar-refractivity contribution in [1.29, 1.82) is 0 Å². The number of nitrogens with one attached hydrogen (secondary N) is 1. The molecule has 2 aromatic heterocycles. The van der Waals surface area contributed by atoms with E-state index >= 15 is 0 Å². The van der Waals surface area contributed by atoms with Gasteiger partial charge in [-0.25, -0.2) is 14.2 Å². The van der Waals surface area contributed by atoms with Crippen LogP contribution in [0.25, 0.3) is 0 Å². The predicted molar refractivity (Wildman–Crippen MR) is 145 cm³/mol. The maximum atomic E-state index is 14.0. The number of ether oxygens (including phenoxy) is 2. The van der Waals surface area contributed by atoms with Crippen LogP contribution in [0.15, 0.2) is 63.2 Å². The number of phosphoric acid groups is 1. The number of nitrogens with two attached hydrogens (primary N) is 1. The van der Waals surface area contributed by atoms with Gasteiger partial charge in [-0.05, 0) is 25.1 Å². The summed E-state index contributed by atoms with van der Waals surface area (Å²) < 4.78 is 44.9. The second-order valence-corrected chi connectivity index (χ2v) is 11.3. The summed E-state index contributed by atoms with van der Waals surface area (Å²) in [6, 6.07) is 9.46. The Kier molecular flexibility index (Phi) is 8.75. The van der Waals surface area contributed by atoms with E-state index in [1.54, 1.807) is 18.2 Å². The van der Waals surface area contributed by atoms with Crippen LogP contribution in [-0.4, -0.2) is 66.9 Å². The van der Waals surface area contributed by atoms with E-state index in [4.69, 9.17) is 28.8 Å². The van der Waals surface area contributed by atoms with Gasteiger partial charge in [0.25, 0.3) is 5.56 Å². The van der Waals surface area contributed by atoms with Crippen LogP contribution < -0.4 is 27.2 Å². The summed E-state index contributed by atoms with van der Waals surface area (Å²) in [7, 11) is -4.50. The second kappa shape index (κ2) is 12.3. The zero-order valence-electron chi connectivity index (χ0n) is 22.3.